The summed E-state index contributed by atoms with van der Waals surface area (Å²) in [6.07, 6.45) is 0.682. The molecule has 0 saturated carbocycles. The van der Waals surface area contributed by atoms with Crippen molar-refractivity contribution in [2.45, 2.75) is 19.8 Å². The molecule has 0 aromatic heterocycles. The molecule has 1 aliphatic heterocycles. The number of benzene rings is 1. The van der Waals surface area contributed by atoms with Crippen LogP contribution in [0.25, 0.3) is 0 Å². The number of nitrogens with one attached hydrogen (secondary N) is 1. The number of anilines is 1. The van der Waals surface area contributed by atoms with Gasteiger partial charge in [-0.1, -0.05) is 6.92 Å². The first-order valence-electron chi connectivity index (χ1n) is 6.67. The lowest BCUT2D eigenvalue weighted by atomic mass is 10.1. The van der Waals surface area contributed by atoms with Gasteiger partial charge in [-0.3, -0.25) is 9.59 Å². The summed E-state index contributed by atoms with van der Waals surface area (Å²) >= 11 is 0. The minimum Gasteiger partial charge on any atom is -0.356 e. The molecule has 0 radical (unpaired) electrons. The first-order chi connectivity index (χ1) is 9.95. The highest BCUT2D eigenvalue weighted by molar-refractivity contribution is 6.00. The van der Waals surface area contributed by atoms with Crippen molar-refractivity contribution < 1.29 is 22.8 Å². The van der Waals surface area contributed by atoms with E-state index in [1.165, 1.54) is 0 Å². The van der Waals surface area contributed by atoms with Gasteiger partial charge in [-0.15, -0.1) is 0 Å². The van der Waals surface area contributed by atoms with Crippen LogP contribution in [0.4, 0.5) is 18.9 Å². The normalized spacial score (nSPS) is 18.2. The van der Waals surface area contributed by atoms with Gasteiger partial charge in [-0.05, 0) is 18.6 Å². The molecule has 1 N–H and O–H groups in total. The molecular weight excluding hydrogens is 285 g/mol. The lowest BCUT2D eigenvalue weighted by Gasteiger charge is -2.17. The first-order valence-corrected chi connectivity index (χ1v) is 6.67. The van der Waals surface area contributed by atoms with Crippen LogP contribution in [0, 0.1) is 23.4 Å². The Morgan fingerprint density at radius 3 is 2.71 bits per heavy atom. The van der Waals surface area contributed by atoms with Crippen LogP contribution in [0.1, 0.15) is 19.8 Å². The maximum Gasteiger partial charge on any atom is 0.227 e. The summed E-state index contributed by atoms with van der Waals surface area (Å²) in [4.78, 5) is 24.7. The summed E-state index contributed by atoms with van der Waals surface area (Å²) in [5.74, 6) is -5.76. The summed E-state index contributed by atoms with van der Waals surface area (Å²) in [6.45, 7) is 2.34. The van der Waals surface area contributed by atoms with Crippen molar-refractivity contribution in [1.82, 2.24) is 5.32 Å². The monoisotopic (exact) mass is 300 g/mol. The summed E-state index contributed by atoms with van der Waals surface area (Å²) < 4.78 is 39.8. The van der Waals surface area contributed by atoms with E-state index in [1.54, 1.807) is 0 Å². The molecular formula is C14H15F3N2O2. The summed E-state index contributed by atoms with van der Waals surface area (Å²) in [7, 11) is 0. The Hall–Kier alpha value is -2.05. The van der Waals surface area contributed by atoms with Gasteiger partial charge < -0.3 is 10.2 Å². The zero-order valence-electron chi connectivity index (χ0n) is 11.5. The van der Waals surface area contributed by atoms with Gasteiger partial charge in [-0.25, -0.2) is 13.2 Å². The number of rotatable bonds is 4. The van der Waals surface area contributed by atoms with E-state index in [0.717, 1.165) is 23.5 Å². The molecule has 0 spiro atoms. The van der Waals surface area contributed by atoms with Crippen LogP contribution in [0.15, 0.2) is 12.1 Å². The highest BCUT2D eigenvalue weighted by Gasteiger charge is 2.36. The van der Waals surface area contributed by atoms with E-state index >= 15 is 0 Å². The standard InChI is InChI=1S/C14H15F3N2O2/c1-2-5-18-14(21)8-6-11(20)19(7-8)10-4-3-9(15)12(16)13(10)17/h3-4,8H,2,5-7H2,1H3,(H,18,21). The van der Waals surface area contributed by atoms with Crippen molar-refractivity contribution in [3.8, 4) is 0 Å². The Kier molecular flexibility index (Phi) is 4.50. The molecule has 4 nitrogen and oxygen atoms in total. The topological polar surface area (TPSA) is 49.4 Å². The molecule has 7 heteroatoms. The Balaban J connectivity index is 2.17. The van der Waals surface area contributed by atoms with Gasteiger partial charge in [0.1, 0.15) is 0 Å². The van der Waals surface area contributed by atoms with Gasteiger partial charge in [0, 0.05) is 19.5 Å². The highest BCUT2D eigenvalue weighted by Crippen LogP contribution is 2.29. The Labute approximate surface area is 119 Å². The average molecular weight is 300 g/mol. The van der Waals surface area contributed by atoms with Crippen LogP contribution < -0.4 is 10.2 Å². The van der Waals surface area contributed by atoms with Crippen LogP contribution >= 0.6 is 0 Å². The van der Waals surface area contributed by atoms with Gasteiger partial charge in [0.15, 0.2) is 17.5 Å². The van der Waals surface area contributed by atoms with Crippen molar-refractivity contribution in [2.75, 3.05) is 18.0 Å². The predicted molar refractivity (Wildman–Crippen MR) is 70.1 cm³/mol. The largest absolute Gasteiger partial charge is 0.356 e. The van der Waals surface area contributed by atoms with Gasteiger partial charge in [-0.2, -0.15) is 0 Å². The predicted octanol–water partition coefficient (Wildman–Crippen LogP) is 1.98. The SMILES string of the molecule is CCCNC(=O)C1CC(=O)N(c2ccc(F)c(F)c2F)C1. The van der Waals surface area contributed by atoms with E-state index in [0.29, 0.717) is 6.54 Å². The van der Waals surface area contributed by atoms with E-state index in [9.17, 15) is 22.8 Å². The second-order valence-electron chi connectivity index (χ2n) is 4.89. The highest BCUT2D eigenvalue weighted by atomic mass is 19.2. The molecule has 1 fully saturated rings. The van der Waals surface area contributed by atoms with E-state index in [4.69, 9.17) is 0 Å². The minimum atomic E-state index is -1.63. The fraction of sp³-hybridized carbons (Fsp3) is 0.429. The zero-order chi connectivity index (χ0) is 15.6. The Morgan fingerprint density at radius 2 is 2.05 bits per heavy atom. The molecule has 0 aliphatic carbocycles. The number of hydrogen-bond donors (Lipinski definition) is 1. The smallest absolute Gasteiger partial charge is 0.227 e. The van der Waals surface area contributed by atoms with E-state index in [-0.39, 0.29) is 24.6 Å². The molecule has 21 heavy (non-hydrogen) atoms. The van der Waals surface area contributed by atoms with Crippen LogP contribution in [0.2, 0.25) is 0 Å². The van der Waals surface area contributed by atoms with Gasteiger partial charge in [0.2, 0.25) is 11.8 Å². The van der Waals surface area contributed by atoms with Crippen LogP contribution in [0.5, 0.6) is 0 Å². The average Bonchev–Trinajstić information content (AvgIpc) is 2.84. The molecule has 1 atom stereocenters. The molecule has 1 unspecified atom stereocenters. The molecule has 2 rings (SSSR count). The fourth-order valence-corrected chi connectivity index (χ4v) is 2.23. The van der Waals surface area contributed by atoms with Crippen LogP contribution in [-0.4, -0.2) is 24.9 Å². The first kappa shape index (κ1) is 15.3. The molecule has 1 saturated heterocycles. The van der Waals surface area contributed by atoms with Gasteiger partial charge in [0.05, 0.1) is 11.6 Å². The number of halogens is 3. The van der Waals surface area contributed by atoms with E-state index < -0.39 is 29.3 Å². The number of nitrogens with zero attached hydrogens (tertiary/aromatic N) is 1. The summed E-state index contributed by atoms with van der Waals surface area (Å²) in [5.41, 5.74) is -0.343. The molecule has 2 amide bonds. The molecule has 1 aliphatic rings. The van der Waals surface area contributed by atoms with Gasteiger partial charge >= 0.3 is 0 Å². The molecule has 0 bridgehead atoms. The number of hydrogen-bond acceptors (Lipinski definition) is 2. The molecule has 1 aromatic rings. The van der Waals surface area contributed by atoms with E-state index in [2.05, 4.69) is 5.32 Å². The van der Waals surface area contributed by atoms with Gasteiger partial charge in [0.25, 0.3) is 0 Å². The third kappa shape index (κ3) is 3.01. The maximum atomic E-state index is 13.7. The van der Waals surface area contributed by atoms with E-state index in [1.807, 2.05) is 6.92 Å². The van der Waals surface area contributed by atoms with Crippen molar-refractivity contribution in [3.05, 3.63) is 29.6 Å². The third-order valence-electron chi connectivity index (χ3n) is 3.35. The minimum absolute atomic E-state index is 0.0453. The Bertz CT molecular complexity index is 578. The van der Waals surface area contributed by atoms with Crippen molar-refractivity contribution in [3.63, 3.8) is 0 Å². The molecule has 114 valence electrons. The van der Waals surface area contributed by atoms with Crippen molar-refractivity contribution in [1.29, 1.82) is 0 Å². The number of carbonyl (C=O) groups is 2. The van der Waals surface area contributed by atoms with Crippen molar-refractivity contribution >= 4 is 17.5 Å². The second kappa shape index (κ2) is 6.15. The quantitative estimate of drug-likeness (QED) is 0.865. The van der Waals surface area contributed by atoms with Crippen LogP contribution in [-0.2, 0) is 9.59 Å². The molecule has 1 aromatic carbocycles. The maximum absolute atomic E-state index is 13.7. The summed E-state index contributed by atoms with van der Waals surface area (Å²) in [5, 5.41) is 2.66. The Morgan fingerprint density at radius 1 is 1.33 bits per heavy atom. The number of carbonyl (C=O) groups excluding carboxylic acids is 2. The lowest BCUT2D eigenvalue weighted by Crippen LogP contribution is -2.33. The zero-order valence-corrected chi connectivity index (χ0v) is 11.5. The lowest BCUT2D eigenvalue weighted by molar-refractivity contribution is -0.126. The van der Waals surface area contributed by atoms with Crippen LogP contribution in [0.3, 0.4) is 0 Å². The second-order valence-corrected chi connectivity index (χ2v) is 4.89. The summed E-state index contributed by atoms with van der Waals surface area (Å²) in [6, 6.07) is 1.75. The number of amides is 2. The third-order valence-corrected chi connectivity index (χ3v) is 3.35. The van der Waals surface area contributed by atoms with Crippen molar-refractivity contribution in [2.24, 2.45) is 5.92 Å². The fourth-order valence-electron chi connectivity index (χ4n) is 2.23. The molecule has 1 heterocycles.